The maximum Gasteiger partial charge on any atom is 0.220 e. The number of hydrogen-bond acceptors (Lipinski definition) is 5. The normalized spacial score (nSPS) is 10.6. The van der Waals surface area contributed by atoms with Gasteiger partial charge in [0.2, 0.25) is 5.43 Å². The molecule has 0 aliphatic heterocycles. The fourth-order valence-corrected chi connectivity index (χ4v) is 2.39. The van der Waals surface area contributed by atoms with Gasteiger partial charge in [-0.05, 0) is 42.0 Å². The molecule has 124 valence electrons. The number of allylic oxidation sites excluding steroid dienone is 1. The molecule has 0 amide bonds. The zero-order valence-corrected chi connectivity index (χ0v) is 14.7. The van der Waals surface area contributed by atoms with Crippen LogP contribution in [0.15, 0.2) is 51.7 Å². The van der Waals surface area contributed by atoms with E-state index < -0.39 is 17.0 Å². The van der Waals surface area contributed by atoms with E-state index in [0.29, 0.717) is 21.5 Å². The Labute approximate surface area is 147 Å². The number of halogens is 1. The minimum atomic E-state index is -0.622. The van der Waals surface area contributed by atoms with E-state index in [0.717, 1.165) is 0 Å². The van der Waals surface area contributed by atoms with E-state index in [9.17, 15) is 14.7 Å². The van der Waals surface area contributed by atoms with Gasteiger partial charge in [0.15, 0.2) is 23.0 Å². The Balaban J connectivity index is 2.35. The number of carbonyl (C=O) groups excluding carboxylic acids is 1. The van der Waals surface area contributed by atoms with Crippen molar-refractivity contribution in [2.24, 2.45) is 0 Å². The summed E-state index contributed by atoms with van der Waals surface area (Å²) >= 11 is 3.20. The van der Waals surface area contributed by atoms with Crippen molar-refractivity contribution < 1.29 is 19.4 Å². The van der Waals surface area contributed by atoms with E-state index in [1.165, 1.54) is 38.5 Å². The van der Waals surface area contributed by atoms with Crippen molar-refractivity contribution in [1.82, 2.24) is 0 Å². The molecule has 0 fully saturated rings. The molecule has 24 heavy (non-hydrogen) atoms. The predicted molar refractivity (Wildman–Crippen MR) is 95.0 cm³/mol. The van der Waals surface area contributed by atoms with Crippen molar-refractivity contribution in [3.63, 3.8) is 0 Å². The molecular formula is C18H15BrO5. The predicted octanol–water partition coefficient (Wildman–Crippen LogP) is 3.43. The number of carbonyl (C=O) groups is 1. The Morgan fingerprint density at radius 2 is 1.79 bits per heavy atom. The molecule has 0 bridgehead atoms. The van der Waals surface area contributed by atoms with Crippen molar-refractivity contribution in [1.29, 1.82) is 0 Å². The van der Waals surface area contributed by atoms with Gasteiger partial charge in [-0.25, -0.2) is 0 Å². The van der Waals surface area contributed by atoms with Crippen molar-refractivity contribution in [3.05, 3.63) is 68.3 Å². The fourth-order valence-electron chi connectivity index (χ4n) is 2.03. The van der Waals surface area contributed by atoms with Crippen molar-refractivity contribution in [2.45, 2.75) is 0 Å². The third-order valence-electron chi connectivity index (χ3n) is 3.26. The van der Waals surface area contributed by atoms with Gasteiger partial charge in [-0.3, -0.25) is 9.59 Å². The fraction of sp³-hybridized carbons (Fsp3) is 0.111. The summed E-state index contributed by atoms with van der Waals surface area (Å²) in [6.07, 6.45) is 2.84. The van der Waals surface area contributed by atoms with Gasteiger partial charge in [-0.15, -0.1) is 0 Å². The van der Waals surface area contributed by atoms with Crippen molar-refractivity contribution >= 4 is 27.8 Å². The van der Waals surface area contributed by atoms with Gasteiger partial charge >= 0.3 is 0 Å². The minimum absolute atomic E-state index is 0.0754. The number of ketones is 1. The zero-order chi connectivity index (χ0) is 17.7. The molecule has 0 aliphatic carbocycles. The van der Waals surface area contributed by atoms with Crippen LogP contribution in [0, 0.1) is 0 Å². The molecule has 1 N–H and O–H groups in total. The largest absolute Gasteiger partial charge is 0.504 e. The average molecular weight is 391 g/mol. The summed E-state index contributed by atoms with van der Waals surface area (Å²) in [4.78, 5) is 23.9. The number of ether oxygens (including phenoxy) is 2. The quantitative estimate of drug-likeness (QED) is 0.625. The van der Waals surface area contributed by atoms with Crippen LogP contribution in [0.5, 0.6) is 17.2 Å². The molecule has 2 aromatic rings. The lowest BCUT2D eigenvalue weighted by Crippen LogP contribution is -2.01. The molecule has 0 unspecified atom stereocenters. The first-order chi connectivity index (χ1) is 11.5. The van der Waals surface area contributed by atoms with E-state index in [4.69, 9.17) is 9.47 Å². The Bertz CT molecular complexity index is 858. The Morgan fingerprint density at radius 1 is 1.08 bits per heavy atom. The van der Waals surface area contributed by atoms with Crippen LogP contribution in [0.4, 0.5) is 0 Å². The SMILES string of the molecule is COc1ccc(C=CC(=O)c2cc(Br)ccc(=O)c2O)cc1OC. The lowest BCUT2D eigenvalue weighted by atomic mass is 10.1. The van der Waals surface area contributed by atoms with Crippen LogP contribution in [0.3, 0.4) is 0 Å². The van der Waals surface area contributed by atoms with Gasteiger partial charge in [0.05, 0.1) is 19.8 Å². The molecule has 0 saturated carbocycles. The second kappa shape index (κ2) is 7.79. The highest BCUT2D eigenvalue weighted by molar-refractivity contribution is 9.10. The third-order valence-corrected chi connectivity index (χ3v) is 3.76. The molecule has 2 aromatic carbocycles. The van der Waals surface area contributed by atoms with E-state index in [2.05, 4.69) is 15.9 Å². The van der Waals surface area contributed by atoms with E-state index in [1.807, 2.05) is 0 Å². The smallest absolute Gasteiger partial charge is 0.220 e. The first-order valence-electron chi connectivity index (χ1n) is 6.93. The summed E-state index contributed by atoms with van der Waals surface area (Å²) in [5, 5.41) is 9.88. The van der Waals surface area contributed by atoms with E-state index in [-0.39, 0.29) is 5.56 Å². The number of hydrogen-bond donors (Lipinski definition) is 1. The highest BCUT2D eigenvalue weighted by Gasteiger charge is 2.11. The maximum absolute atomic E-state index is 12.3. The summed E-state index contributed by atoms with van der Waals surface area (Å²) in [5.74, 6) is 0.0400. The summed E-state index contributed by atoms with van der Waals surface area (Å²) in [6, 6.07) is 9.24. The molecule has 2 rings (SSSR count). The number of aromatic hydroxyl groups is 1. The summed E-state index contributed by atoms with van der Waals surface area (Å²) in [5.41, 5.74) is 0.0133. The molecule has 6 heteroatoms. The Morgan fingerprint density at radius 3 is 2.46 bits per heavy atom. The Kier molecular flexibility index (Phi) is 5.76. The summed E-state index contributed by atoms with van der Waals surface area (Å²) in [7, 11) is 3.05. The van der Waals surface area contributed by atoms with E-state index >= 15 is 0 Å². The molecule has 0 radical (unpaired) electrons. The monoisotopic (exact) mass is 390 g/mol. The van der Waals surface area contributed by atoms with Crippen LogP contribution < -0.4 is 14.9 Å². The second-order valence-corrected chi connectivity index (χ2v) is 5.72. The van der Waals surface area contributed by atoms with Crippen LogP contribution in [0.2, 0.25) is 0 Å². The summed E-state index contributed by atoms with van der Waals surface area (Å²) < 4.78 is 10.9. The average Bonchev–Trinajstić information content (AvgIpc) is 2.72. The number of rotatable bonds is 5. The zero-order valence-electron chi connectivity index (χ0n) is 13.1. The first kappa shape index (κ1) is 17.7. The molecule has 5 nitrogen and oxygen atoms in total. The van der Waals surface area contributed by atoms with Crippen LogP contribution in [0.1, 0.15) is 15.9 Å². The second-order valence-electron chi connectivity index (χ2n) is 4.80. The highest BCUT2D eigenvalue weighted by atomic mass is 79.9. The topological polar surface area (TPSA) is 72.8 Å². The van der Waals surface area contributed by atoms with Crippen molar-refractivity contribution in [2.75, 3.05) is 14.2 Å². The highest BCUT2D eigenvalue weighted by Crippen LogP contribution is 2.28. The van der Waals surface area contributed by atoms with Crippen molar-refractivity contribution in [3.8, 4) is 17.2 Å². The van der Waals surface area contributed by atoms with Gasteiger partial charge in [-0.2, -0.15) is 0 Å². The van der Waals surface area contributed by atoms with Gasteiger partial charge in [0.1, 0.15) is 0 Å². The number of methoxy groups -OCH3 is 2. The number of benzene rings is 1. The van der Waals surface area contributed by atoms with Crippen LogP contribution >= 0.6 is 15.9 Å². The van der Waals surface area contributed by atoms with E-state index in [1.54, 1.807) is 24.3 Å². The molecule has 0 spiro atoms. The third kappa shape index (κ3) is 4.02. The van der Waals surface area contributed by atoms with Gasteiger partial charge in [-0.1, -0.05) is 28.1 Å². The standard InChI is InChI=1S/C18H15BrO5/c1-23-16-8-4-11(9-17(16)24-2)3-6-14(20)13-10-12(19)5-7-15(21)18(13)22/h3-10H,1-2H3,(H,21,22). The van der Waals surface area contributed by atoms with Gasteiger partial charge in [0.25, 0.3) is 0 Å². The van der Waals surface area contributed by atoms with Crippen LogP contribution in [0.25, 0.3) is 6.08 Å². The maximum atomic E-state index is 12.3. The first-order valence-corrected chi connectivity index (χ1v) is 7.73. The lowest BCUT2D eigenvalue weighted by molar-refractivity contribution is 0.104. The van der Waals surface area contributed by atoms with Gasteiger partial charge in [0, 0.05) is 4.47 Å². The van der Waals surface area contributed by atoms with Crippen LogP contribution in [-0.2, 0) is 0 Å². The molecule has 0 heterocycles. The lowest BCUT2D eigenvalue weighted by Gasteiger charge is -2.07. The minimum Gasteiger partial charge on any atom is -0.504 e. The van der Waals surface area contributed by atoms with Gasteiger partial charge < -0.3 is 14.6 Å². The molecule has 0 aliphatic rings. The molecule has 0 atom stereocenters. The molecular weight excluding hydrogens is 376 g/mol. The molecule has 0 saturated heterocycles. The van der Waals surface area contributed by atoms with Crippen LogP contribution in [-0.4, -0.2) is 25.1 Å². The molecule has 0 aromatic heterocycles. The Hall–Kier alpha value is -2.60. The summed E-state index contributed by atoms with van der Waals surface area (Å²) in [6.45, 7) is 0.